The highest BCUT2D eigenvalue weighted by molar-refractivity contribution is 5.91. The van der Waals surface area contributed by atoms with Crippen molar-refractivity contribution < 1.29 is 9.59 Å². The highest BCUT2D eigenvalue weighted by Crippen LogP contribution is 2.21. The van der Waals surface area contributed by atoms with Crippen molar-refractivity contribution in [3.63, 3.8) is 0 Å². The van der Waals surface area contributed by atoms with Gasteiger partial charge in [-0.1, -0.05) is 13.8 Å². The number of rotatable bonds is 10. The topological polar surface area (TPSA) is 52.7 Å². The fraction of sp³-hybridized carbons (Fsp3) is 0.600. The van der Waals surface area contributed by atoms with E-state index in [1.807, 2.05) is 38.1 Å². The molecule has 0 aromatic heterocycles. The number of hydrogen-bond donors (Lipinski definition) is 1. The zero-order valence-electron chi connectivity index (χ0n) is 16.3. The van der Waals surface area contributed by atoms with Crippen molar-refractivity contribution in [2.45, 2.75) is 47.5 Å². The smallest absolute Gasteiger partial charge is 0.223 e. The van der Waals surface area contributed by atoms with Gasteiger partial charge in [0.05, 0.1) is 0 Å². The first-order valence-electron chi connectivity index (χ1n) is 9.39. The zero-order chi connectivity index (χ0) is 18.8. The Morgan fingerprint density at radius 1 is 0.960 bits per heavy atom. The molecule has 0 unspecified atom stereocenters. The molecule has 0 bridgehead atoms. The molecule has 2 amide bonds. The Balaban J connectivity index is 2.71. The van der Waals surface area contributed by atoms with Gasteiger partial charge in [-0.15, -0.1) is 0 Å². The molecule has 1 N–H and O–H groups in total. The molecule has 0 aliphatic heterocycles. The molecule has 0 aliphatic rings. The number of carbonyl (C=O) groups excluding carboxylic acids is 2. The first-order chi connectivity index (χ1) is 12.0. The summed E-state index contributed by atoms with van der Waals surface area (Å²) in [5.41, 5.74) is 2.01. The van der Waals surface area contributed by atoms with Crippen molar-refractivity contribution in [3.05, 3.63) is 24.3 Å². The van der Waals surface area contributed by atoms with Crippen LogP contribution in [-0.4, -0.2) is 38.0 Å². The number of nitrogens with one attached hydrogen (secondary N) is 1. The second-order valence-electron chi connectivity index (χ2n) is 6.16. The van der Waals surface area contributed by atoms with Crippen LogP contribution < -0.4 is 15.1 Å². The molecule has 0 atom stereocenters. The van der Waals surface area contributed by atoms with Crippen LogP contribution in [0.2, 0.25) is 0 Å². The summed E-state index contributed by atoms with van der Waals surface area (Å²) in [5, 5.41) is 2.95. The van der Waals surface area contributed by atoms with E-state index in [1.54, 1.807) is 11.8 Å². The molecule has 1 aromatic rings. The van der Waals surface area contributed by atoms with E-state index in [-0.39, 0.29) is 17.7 Å². The summed E-state index contributed by atoms with van der Waals surface area (Å²) in [6.07, 6.45) is 1.68. The van der Waals surface area contributed by atoms with Gasteiger partial charge in [0.15, 0.2) is 0 Å². The van der Waals surface area contributed by atoms with E-state index in [0.717, 1.165) is 37.3 Å². The van der Waals surface area contributed by atoms with E-state index >= 15 is 0 Å². The van der Waals surface area contributed by atoms with E-state index in [0.29, 0.717) is 13.1 Å². The monoisotopic (exact) mass is 347 g/mol. The molecule has 0 heterocycles. The largest absolute Gasteiger partial charge is 0.372 e. The Labute approximate surface area is 152 Å². The predicted molar refractivity (Wildman–Crippen MR) is 105 cm³/mol. The van der Waals surface area contributed by atoms with Crippen LogP contribution in [0.5, 0.6) is 0 Å². The third-order valence-electron chi connectivity index (χ3n) is 4.66. The third-order valence-corrected chi connectivity index (χ3v) is 4.66. The molecule has 5 heteroatoms. The van der Waals surface area contributed by atoms with Gasteiger partial charge in [0.1, 0.15) is 0 Å². The molecule has 25 heavy (non-hydrogen) atoms. The Kier molecular flexibility index (Phi) is 9.03. The van der Waals surface area contributed by atoms with Crippen LogP contribution in [0.15, 0.2) is 24.3 Å². The minimum atomic E-state index is -0.0210. The maximum Gasteiger partial charge on any atom is 0.223 e. The minimum Gasteiger partial charge on any atom is -0.372 e. The number of nitrogens with zero attached hydrogens (tertiary/aromatic N) is 2. The van der Waals surface area contributed by atoms with Crippen LogP contribution in [0.3, 0.4) is 0 Å². The van der Waals surface area contributed by atoms with Gasteiger partial charge in [-0.25, -0.2) is 0 Å². The maximum atomic E-state index is 12.1. The molecule has 140 valence electrons. The Morgan fingerprint density at radius 3 is 1.92 bits per heavy atom. The summed E-state index contributed by atoms with van der Waals surface area (Å²) in [7, 11) is 0. The molecule has 0 spiro atoms. The van der Waals surface area contributed by atoms with Crippen molar-refractivity contribution in [2.24, 2.45) is 5.92 Å². The lowest BCUT2D eigenvalue weighted by atomic mass is 10.0. The molecule has 5 nitrogen and oxygen atoms in total. The Morgan fingerprint density at radius 2 is 1.48 bits per heavy atom. The van der Waals surface area contributed by atoms with Crippen LogP contribution in [0.25, 0.3) is 0 Å². The van der Waals surface area contributed by atoms with Gasteiger partial charge >= 0.3 is 0 Å². The summed E-state index contributed by atoms with van der Waals surface area (Å²) in [6, 6.07) is 8.03. The molecule has 0 fully saturated rings. The number of benzene rings is 1. The number of anilines is 2. The molecule has 0 saturated heterocycles. The van der Waals surface area contributed by atoms with Crippen molar-refractivity contribution >= 4 is 23.2 Å². The van der Waals surface area contributed by atoms with Gasteiger partial charge in [-0.3, -0.25) is 9.59 Å². The lowest BCUT2D eigenvalue weighted by Gasteiger charge is -2.25. The van der Waals surface area contributed by atoms with Crippen molar-refractivity contribution in [1.82, 2.24) is 5.32 Å². The lowest BCUT2D eigenvalue weighted by Crippen LogP contribution is -2.39. The van der Waals surface area contributed by atoms with Gasteiger partial charge in [0.2, 0.25) is 11.8 Å². The van der Waals surface area contributed by atoms with E-state index in [9.17, 15) is 9.59 Å². The van der Waals surface area contributed by atoms with Gasteiger partial charge in [-0.2, -0.15) is 0 Å². The predicted octanol–water partition coefficient (Wildman–Crippen LogP) is 3.44. The van der Waals surface area contributed by atoms with Gasteiger partial charge in [0.25, 0.3) is 0 Å². The van der Waals surface area contributed by atoms with Crippen LogP contribution in [-0.2, 0) is 9.59 Å². The summed E-state index contributed by atoms with van der Waals surface area (Å²) in [6.45, 7) is 12.7. The normalized spacial score (nSPS) is 10.6. The van der Waals surface area contributed by atoms with Crippen molar-refractivity contribution in [1.29, 1.82) is 0 Å². The second-order valence-corrected chi connectivity index (χ2v) is 6.16. The molecule has 0 aliphatic carbocycles. The van der Waals surface area contributed by atoms with Gasteiger partial charge < -0.3 is 15.1 Å². The average Bonchev–Trinajstić information content (AvgIpc) is 2.61. The maximum absolute atomic E-state index is 12.1. The summed E-state index contributed by atoms with van der Waals surface area (Å²) in [5.74, 6) is 0.108. The Hall–Kier alpha value is -2.04. The first-order valence-corrected chi connectivity index (χ1v) is 9.39. The van der Waals surface area contributed by atoms with Gasteiger partial charge in [-0.05, 0) is 51.0 Å². The summed E-state index contributed by atoms with van der Waals surface area (Å²) in [4.78, 5) is 28.0. The van der Waals surface area contributed by atoms with E-state index in [4.69, 9.17) is 0 Å². The minimum absolute atomic E-state index is 0.0210. The summed E-state index contributed by atoms with van der Waals surface area (Å²) < 4.78 is 0. The second kappa shape index (κ2) is 10.7. The van der Waals surface area contributed by atoms with E-state index < -0.39 is 0 Å². The van der Waals surface area contributed by atoms with Crippen LogP contribution >= 0.6 is 0 Å². The fourth-order valence-corrected chi connectivity index (χ4v) is 3.00. The Bertz CT molecular complexity index is 534. The van der Waals surface area contributed by atoms with Crippen molar-refractivity contribution in [3.8, 4) is 0 Å². The molecular formula is C20H33N3O2. The summed E-state index contributed by atoms with van der Waals surface area (Å²) >= 11 is 0. The van der Waals surface area contributed by atoms with Crippen LogP contribution in [0.4, 0.5) is 11.4 Å². The molecule has 1 rings (SSSR count). The van der Waals surface area contributed by atoms with Crippen LogP contribution in [0, 0.1) is 5.92 Å². The molecule has 0 radical (unpaired) electrons. The number of hydrogen-bond acceptors (Lipinski definition) is 3. The SMILES string of the molecule is CCC(CC)C(=O)NCCN(C(C)=O)c1ccc(N(CC)CC)cc1. The highest BCUT2D eigenvalue weighted by atomic mass is 16.2. The standard InChI is InChI=1S/C20H33N3O2/c1-6-17(7-2)20(25)21-14-15-23(16(5)24)19-12-10-18(11-13-19)22(8-3)9-4/h10-13,17H,6-9,14-15H2,1-5H3,(H,21,25). The highest BCUT2D eigenvalue weighted by Gasteiger charge is 2.16. The fourth-order valence-electron chi connectivity index (χ4n) is 3.00. The lowest BCUT2D eigenvalue weighted by molar-refractivity contribution is -0.125. The van der Waals surface area contributed by atoms with E-state index in [1.165, 1.54) is 0 Å². The number of amides is 2. The third kappa shape index (κ3) is 6.07. The first kappa shape index (κ1) is 21.0. The molecule has 1 aromatic carbocycles. The molecular weight excluding hydrogens is 314 g/mol. The molecule has 0 saturated carbocycles. The zero-order valence-corrected chi connectivity index (χ0v) is 16.3. The number of carbonyl (C=O) groups is 2. The van der Waals surface area contributed by atoms with Crippen LogP contribution in [0.1, 0.15) is 47.5 Å². The quantitative estimate of drug-likeness (QED) is 0.705. The van der Waals surface area contributed by atoms with Crippen molar-refractivity contribution in [2.75, 3.05) is 36.0 Å². The van der Waals surface area contributed by atoms with Gasteiger partial charge in [0, 0.05) is 50.4 Å². The average molecular weight is 348 g/mol. The van der Waals surface area contributed by atoms with E-state index in [2.05, 4.69) is 24.1 Å².